The molecule has 0 rings (SSSR count). The molecule has 1 unspecified atom stereocenters. The minimum absolute atomic E-state index is 0.0356. The number of allylic oxidation sites excluding steroid dienone is 16. The van der Waals surface area contributed by atoms with E-state index in [0.717, 1.165) is 32.1 Å². The number of hydrogen-bond donors (Lipinski definition) is 5. The zero-order chi connectivity index (χ0) is 45.1. The fourth-order valence-electron chi connectivity index (χ4n) is 4.90. The summed E-state index contributed by atoms with van der Waals surface area (Å²) in [6, 6.07) is 0. The number of esters is 2. The lowest BCUT2D eigenvalue weighted by Gasteiger charge is -2.20. The Kier molecular flexibility index (Phi) is 39.1. The van der Waals surface area contributed by atoms with Gasteiger partial charge >= 0.3 is 19.8 Å². The van der Waals surface area contributed by atoms with Crippen LogP contribution in [0.5, 0.6) is 0 Å². The molecular formula is C48H75O12P. The van der Waals surface area contributed by atoms with Gasteiger partial charge < -0.3 is 34.8 Å². The first-order valence-electron chi connectivity index (χ1n) is 21.7. The molecule has 0 aromatic carbocycles. The smallest absolute Gasteiger partial charge is 0.462 e. The zero-order valence-electron chi connectivity index (χ0n) is 36.5. The Hall–Kier alpha value is -3.71. The van der Waals surface area contributed by atoms with E-state index in [1.54, 1.807) is 30.4 Å². The molecule has 0 aromatic heterocycles. The van der Waals surface area contributed by atoms with E-state index in [1.165, 1.54) is 19.3 Å². The SMILES string of the molecule is CC/C=C\C[C@@H](O)/C=C/C=C\C/C=C\C=C\[C@@H](O)/C=C\CCCC(=O)OC[C@H](COP(=O)(O)OC[C@@H](O)CO)OC(=O)CCC/C=C\C/C=C\C/C=C\C/C=C\CCCCC. The van der Waals surface area contributed by atoms with E-state index in [1.807, 2.05) is 61.6 Å². The predicted octanol–water partition coefficient (Wildman–Crippen LogP) is 9.49. The first-order chi connectivity index (χ1) is 29.5. The van der Waals surface area contributed by atoms with Crippen molar-refractivity contribution < 1.29 is 58.0 Å². The molecule has 0 spiro atoms. The average molecular weight is 875 g/mol. The predicted molar refractivity (Wildman–Crippen MR) is 244 cm³/mol. The van der Waals surface area contributed by atoms with Gasteiger partial charge in [-0.1, -0.05) is 148 Å². The van der Waals surface area contributed by atoms with E-state index in [4.69, 9.17) is 19.1 Å². The third kappa shape index (κ3) is 41.4. The number of carbonyl (C=O) groups excluding carboxylic acids is 2. The summed E-state index contributed by atoms with van der Waals surface area (Å²) >= 11 is 0. The lowest BCUT2D eigenvalue weighted by atomic mass is 10.2. The molecule has 0 saturated carbocycles. The van der Waals surface area contributed by atoms with Crippen molar-refractivity contribution in [3.05, 3.63) is 122 Å². The Balaban J connectivity index is 4.66. The van der Waals surface area contributed by atoms with Gasteiger partial charge in [0.15, 0.2) is 6.10 Å². The zero-order valence-corrected chi connectivity index (χ0v) is 37.4. The van der Waals surface area contributed by atoms with E-state index >= 15 is 0 Å². The van der Waals surface area contributed by atoms with Crippen molar-refractivity contribution in [2.24, 2.45) is 0 Å². The normalized spacial score (nSPS) is 16.0. The van der Waals surface area contributed by atoms with Crippen LogP contribution >= 0.6 is 7.82 Å². The molecule has 61 heavy (non-hydrogen) atoms. The summed E-state index contributed by atoms with van der Waals surface area (Å²) in [6.07, 6.45) is 46.7. The number of aliphatic hydroxyl groups excluding tert-OH is 4. The van der Waals surface area contributed by atoms with E-state index in [9.17, 15) is 34.4 Å². The summed E-state index contributed by atoms with van der Waals surface area (Å²) in [5, 5.41) is 38.3. The molecule has 13 heteroatoms. The van der Waals surface area contributed by atoms with Crippen molar-refractivity contribution in [1.29, 1.82) is 0 Å². The standard InChI is InChI=1S/C48H75O12P/c1-3-5-7-8-9-10-11-12-13-14-15-16-17-18-22-25-31-38-48(54)60-46(42-59-61(55,56)58-40-45(52)39-49)41-57-47(53)37-32-26-30-36-44(51)35-29-24-21-19-20-23-28-34-43(50)33-27-6-4-2/h6,9-10,12-13,15-16,18,20-24,27-30,34-36,43-46,49-52H,3-5,7-8,11,14,17,19,25-26,31-33,37-42H2,1-2H3,(H,55,56)/b10-9-,13-12-,16-15-,22-18-,23-20-,24-21-,27-6-,34-28+,35-29+,36-30-/t43-,44-,45+,46-/m1/s1. The first kappa shape index (κ1) is 57.3. The maximum absolute atomic E-state index is 12.6. The average Bonchev–Trinajstić information content (AvgIpc) is 3.24. The highest BCUT2D eigenvalue weighted by atomic mass is 31.2. The molecule has 344 valence electrons. The molecule has 0 aliphatic carbocycles. The summed E-state index contributed by atoms with van der Waals surface area (Å²) in [6.45, 7) is 1.84. The molecular weight excluding hydrogens is 799 g/mol. The van der Waals surface area contributed by atoms with Gasteiger partial charge in [0.2, 0.25) is 0 Å². The van der Waals surface area contributed by atoms with Crippen molar-refractivity contribution in [1.82, 2.24) is 0 Å². The molecule has 0 fully saturated rings. The third-order valence-corrected chi connectivity index (χ3v) is 9.23. The Morgan fingerprint density at radius 2 is 1.15 bits per heavy atom. The fourth-order valence-corrected chi connectivity index (χ4v) is 5.69. The number of phosphoric ester groups is 1. The summed E-state index contributed by atoms with van der Waals surface area (Å²) < 4.78 is 32.5. The van der Waals surface area contributed by atoms with Gasteiger partial charge in [-0.3, -0.25) is 18.6 Å². The number of phosphoric acid groups is 1. The Morgan fingerprint density at radius 3 is 1.77 bits per heavy atom. The molecule has 0 saturated heterocycles. The van der Waals surface area contributed by atoms with E-state index in [2.05, 4.69) is 47.9 Å². The van der Waals surface area contributed by atoms with Crippen LogP contribution in [0.25, 0.3) is 0 Å². The second kappa shape index (κ2) is 41.6. The highest BCUT2D eigenvalue weighted by molar-refractivity contribution is 7.47. The van der Waals surface area contributed by atoms with Gasteiger partial charge in [-0.05, 0) is 77.0 Å². The summed E-state index contributed by atoms with van der Waals surface area (Å²) in [5.74, 6) is -1.19. The van der Waals surface area contributed by atoms with Crippen LogP contribution in [0.3, 0.4) is 0 Å². The highest BCUT2D eigenvalue weighted by Gasteiger charge is 2.27. The Morgan fingerprint density at radius 1 is 0.590 bits per heavy atom. The van der Waals surface area contributed by atoms with Crippen LogP contribution in [0.2, 0.25) is 0 Å². The fraction of sp³-hybridized carbons (Fsp3) is 0.542. The van der Waals surface area contributed by atoms with Crippen LogP contribution in [-0.4, -0.2) is 88.1 Å². The number of aliphatic hydroxyl groups is 4. The van der Waals surface area contributed by atoms with Crippen molar-refractivity contribution >= 4 is 19.8 Å². The molecule has 12 nitrogen and oxygen atoms in total. The van der Waals surface area contributed by atoms with Crippen LogP contribution in [0.1, 0.15) is 117 Å². The van der Waals surface area contributed by atoms with E-state index in [-0.39, 0.29) is 12.8 Å². The van der Waals surface area contributed by atoms with Crippen LogP contribution in [0.15, 0.2) is 122 Å². The van der Waals surface area contributed by atoms with Gasteiger partial charge in [0, 0.05) is 12.8 Å². The second-order valence-corrected chi connectivity index (χ2v) is 15.5. The topological polar surface area (TPSA) is 189 Å². The minimum Gasteiger partial charge on any atom is -0.462 e. The molecule has 0 aromatic rings. The second-order valence-electron chi connectivity index (χ2n) is 14.0. The van der Waals surface area contributed by atoms with Crippen molar-refractivity contribution in [2.45, 2.75) is 141 Å². The molecule has 0 aliphatic heterocycles. The lowest BCUT2D eigenvalue weighted by Crippen LogP contribution is -2.29. The van der Waals surface area contributed by atoms with E-state index < -0.39 is 70.6 Å². The van der Waals surface area contributed by atoms with Crippen molar-refractivity contribution in [2.75, 3.05) is 26.4 Å². The molecule has 0 bridgehead atoms. The molecule has 5 atom stereocenters. The van der Waals surface area contributed by atoms with Crippen LogP contribution < -0.4 is 0 Å². The van der Waals surface area contributed by atoms with Gasteiger partial charge in [-0.25, -0.2) is 4.57 Å². The number of rotatable bonds is 38. The monoisotopic (exact) mass is 874 g/mol. The first-order valence-corrected chi connectivity index (χ1v) is 23.2. The largest absolute Gasteiger partial charge is 0.472 e. The van der Waals surface area contributed by atoms with Gasteiger partial charge in [0.1, 0.15) is 12.7 Å². The molecule has 5 N–H and O–H groups in total. The number of unbranched alkanes of at least 4 members (excludes halogenated alkanes) is 5. The number of carbonyl (C=O) groups is 2. The molecule has 0 heterocycles. The van der Waals surface area contributed by atoms with Gasteiger partial charge in [-0.2, -0.15) is 0 Å². The van der Waals surface area contributed by atoms with Crippen LogP contribution in [0, 0.1) is 0 Å². The summed E-state index contributed by atoms with van der Waals surface area (Å²) in [7, 11) is -4.69. The van der Waals surface area contributed by atoms with Gasteiger partial charge in [0.05, 0.1) is 32.0 Å². The maximum atomic E-state index is 12.6. The molecule has 0 amide bonds. The summed E-state index contributed by atoms with van der Waals surface area (Å²) in [4.78, 5) is 35.0. The van der Waals surface area contributed by atoms with Crippen LogP contribution in [-0.2, 0) is 32.7 Å². The number of hydrogen-bond acceptors (Lipinski definition) is 11. The van der Waals surface area contributed by atoms with Gasteiger partial charge in [-0.15, -0.1) is 0 Å². The van der Waals surface area contributed by atoms with Crippen molar-refractivity contribution in [3.8, 4) is 0 Å². The summed E-state index contributed by atoms with van der Waals surface area (Å²) in [5.41, 5.74) is 0. The molecule has 0 radical (unpaired) electrons. The lowest BCUT2D eigenvalue weighted by molar-refractivity contribution is -0.161. The van der Waals surface area contributed by atoms with Crippen LogP contribution in [0.4, 0.5) is 0 Å². The molecule has 0 aliphatic rings. The van der Waals surface area contributed by atoms with Crippen molar-refractivity contribution in [3.63, 3.8) is 0 Å². The quantitative estimate of drug-likeness (QED) is 0.0130. The minimum atomic E-state index is -4.69. The Bertz CT molecular complexity index is 1460. The third-order valence-electron chi connectivity index (χ3n) is 8.27. The highest BCUT2D eigenvalue weighted by Crippen LogP contribution is 2.43. The Labute approximate surface area is 365 Å². The van der Waals surface area contributed by atoms with E-state index in [0.29, 0.717) is 38.5 Å². The number of ether oxygens (including phenoxy) is 2. The van der Waals surface area contributed by atoms with Gasteiger partial charge in [0.25, 0.3) is 0 Å². The maximum Gasteiger partial charge on any atom is 0.472 e.